The maximum atomic E-state index is 13.3. The molecule has 5 heteroatoms. The second kappa shape index (κ2) is 6.02. The minimum atomic E-state index is -0.351. The lowest BCUT2D eigenvalue weighted by atomic mass is 9.86. The molecule has 0 spiro atoms. The van der Waals surface area contributed by atoms with Gasteiger partial charge in [-0.3, -0.25) is 14.4 Å². The van der Waals surface area contributed by atoms with E-state index >= 15 is 0 Å². The fourth-order valence-electron chi connectivity index (χ4n) is 4.14. The zero-order chi connectivity index (χ0) is 19.4. The van der Waals surface area contributed by atoms with Crippen LogP contribution in [0.25, 0.3) is 0 Å². The van der Waals surface area contributed by atoms with Crippen LogP contribution < -0.4 is 0 Å². The van der Waals surface area contributed by atoms with Gasteiger partial charge in [-0.25, -0.2) is 0 Å². The number of carbonyl (C=O) groups excluding carboxylic acids is 3. The summed E-state index contributed by atoms with van der Waals surface area (Å²) in [6.07, 6.45) is 0.761. The molecule has 0 radical (unpaired) electrons. The second-order valence-electron chi connectivity index (χ2n) is 7.19. The third-order valence-corrected chi connectivity index (χ3v) is 5.57. The average Bonchev–Trinajstić information content (AvgIpc) is 3.08. The molecule has 0 bridgehead atoms. The van der Waals surface area contributed by atoms with E-state index in [9.17, 15) is 14.4 Å². The number of benzene rings is 2. The number of hydrogen-bond donors (Lipinski definition) is 0. The van der Waals surface area contributed by atoms with Gasteiger partial charge >= 0.3 is 0 Å². The molecule has 0 N–H and O–H groups in total. The van der Waals surface area contributed by atoms with Crippen molar-refractivity contribution in [2.75, 3.05) is 6.54 Å². The van der Waals surface area contributed by atoms with Crippen LogP contribution in [0.2, 0.25) is 0 Å². The monoisotopic (exact) mass is 371 g/mol. The van der Waals surface area contributed by atoms with Gasteiger partial charge in [0.1, 0.15) is 5.76 Å². The molecule has 1 amide bonds. The summed E-state index contributed by atoms with van der Waals surface area (Å²) in [5.74, 6) is -0.665. The second-order valence-corrected chi connectivity index (χ2v) is 7.19. The maximum Gasteiger partial charge on any atom is 0.258 e. The molecule has 0 saturated carbocycles. The maximum absolute atomic E-state index is 13.3. The van der Waals surface area contributed by atoms with Crippen LogP contribution in [-0.4, -0.2) is 28.9 Å². The first kappa shape index (κ1) is 16.7. The van der Waals surface area contributed by atoms with Gasteiger partial charge in [-0.2, -0.15) is 0 Å². The summed E-state index contributed by atoms with van der Waals surface area (Å²) < 4.78 is 5.64. The molecule has 1 aromatic heterocycles. The zero-order valence-corrected chi connectivity index (χ0v) is 15.3. The number of amides is 1. The van der Waals surface area contributed by atoms with Gasteiger partial charge in [0.15, 0.2) is 11.5 Å². The van der Waals surface area contributed by atoms with Gasteiger partial charge < -0.3 is 9.32 Å². The molecule has 0 fully saturated rings. The van der Waals surface area contributed by atoms with E-state index in [4.69, 9.17) is 4.42 Å². The number of fused-ring (bicyclic) bond motifs is 3. The van der Waals surface area contributed by atoms with Gasteiger partial charge in [0.2, 0.25) is 5.78 Å². The Hall–Kier alpha value is -3.47. The van der Waals surface area contributed by atoms with Crippen molar-refractivity contribution in [3.05, 3.63) is 93.4 Å². The number of nitrogens with zero attached hydrogens (tertiary/aromatic N) is 1. The van der Waals surface area contributed by atoms with E-state index in [1.54, 1.807) is 36.1 Å². The Morgan fingerprint density at radius 1 is 0.929 bits per heavy atom. The summed E-state index contributed by atoms with van der Waals surface area (Å²) in [6, 6.07) is 14.7. The fraction of sp³-hybridized carbons (Fsp3) is 0.174. The largest absolute Gasteiger partial charge is 0.456 e. The number of rotatable bonds is 1. The molecular formula is C23H17NO4. The van der Waals surface area contributed by atoms with Crippen LogP contribution in [0.1, 0.15) is 59.3 Å². The van der Waals surface area contributed by atoms with Crippen molar-refractivity contribution >= 4 is 17.5 Å². The molecule has 5 rings (SSSR count). The van der Waals surface area contributed by atoms with Crippen molar-refractivity contribution in [2.24, 2.45) is 0 Å². The highest BCUT2D eigenvalue weighted by Gasteiger charge is 2.39. The molecule has 1 aliphatic heterocycles. The quantitative estimate of drug-likeness (QED) is 0.513. The van der Waals surface area contributed by atoms with E-state index in [1.165, 1.54) is 5.56 Å². The Labute approximate surface area is 161 Å². The molecule has 2 heterocycles. The highest BCUT2D eigenvalue weighted by atomic mass is 16.4. The standard InChI is InChI=1S/C23H17NO4/c1-13-18(23(27)24-11-10-14-6-2-3-7-15(14)12-24)19-20(25)16-8-4-5-9-17(16)21(26)22(19)28-13/h2-9H,10-12H2,1H3. The lowest BCUT2D eigenvalue weighted by Crippen LogP contribution is -2.37. The molecule has 0 atom stereocenters. The first-order valence-corrected chi connectivity index (χ1v) is 9.24. The SMILES string of the molecule is Cc1oc2c(c1C(=O)N1CCc3ccccc3C1)C(=O)c1ccccc1C2=O. The lowest BCUT2D eigenvalue weighted by molar-refractivity contribution is 0.0729. The van der Waals surface area contributed by atoms with Gasteiger partial charge in [0, 0.05) is 24.2 Å². The van der Waals surface area contributed by atoms with Crippen LogP contribution in [0.4, 0.5) is 0 Å². The number of hydrogen-bond acceptors (Lipinski definition) is 4. The van der Waals surface area contributed by atoms with E-state index < -0.39 is 0 Å². The van der Waals surface area contributed by atoms with Crippen molar-refractivity contribution in [2.45, 2.75) is 19.9 Å². The topological polar surface area (TPSA) is 67.6 Å². The van der Waals surface area contributed by atoms with Crippen molar-refractivity contribution in [3.8, 4) is 0 Å². The lowest BCUT2D eigenvalue weighted by Gasteiger charge is -2.29. The van der Waals surface area contributed by atoms with Gasteiger partial charge in [-0.1, -0.05) is 48.5 Å². The van der Waals surface area contributed by atoms with Gasteiger partial charge in [0.25, 0.3) is 5.91 Å². The summed E-state index contributed by atoms with van der Waals surface area (Å²) >= 11 is 0. The Morgan fingerprint density at radius 3 is 2.32 bits per heavy atom. The normalized spacial score (nSPS) is 15.1. The van der Waals surface area contributed by atoms with Gasteiger partial charge in [0.05, 0.1) is 11.1 Å². The van der Waals surface area contributed by atoms with Crippen LogP contribution in [0.5, 0.6) is 0 Å². The van der Waals surface area contributed by atoms with E-state index in [-0.39, 0.29) is 34.4 Å². The number of aryl methyl sites for hydroxylation is 1. The zero-order valence-electron chi connectivity index (χ0n) is 15.3. The minimum Gasteiger partial charge on any atom is -0.456 e. The van der Waals surface area contributed by atoms with Crippen LogP contribution in [0.3, 0.4) is 0 Å². The molecule has 0 saturated heterocycles. The van der Waals surface area contributed by atoms with E-state index in [0.29, 0.717) is 30.0 Å². The van der Waals surface area contributed by atoms with Crippen molar-refractivity contribution in [1.82, 2.24) is 4.90 Å². The molecule has 1 aliphatic carbocycles. The highest BCUT2D eigenvalue weighted by molar-refractivity contribution is 6.30. The minimum absolute atomic E-state index is 0.0260. The average molecular weight is 371 g/mol. The number of carbonyl (C=O) groups is 3. The summed E-state index contributed by atoms with van der Waals surface area (Å²) in [4.78, 5) is 41.0. The summed E-state index contributed by atoms with van der Waals surface area (Å²) in [7, 11) is 0. The van der Waals surface area contributed by atoms with Crippen LogP contribution in [-0.2, 0) is 13.0 Å². The molecule has 5 nitrogen and oxygen atoms in total. The molecule has 3 aromatic rings. The summed E-state index contributed by atoms with van der Waals surface area (Å²) in [5, 5.41) is 0. The molecular weight excluding hydrogens is 354 g/mol. The Balaban J connectivity index is 1.58. The predicted octanol–water partition coefficient (Wildman–Crippen LogP) is 3.56. The number of furan rings is 1. The van der Waals surface area contributed by atoms with E-state index in [1.807, 2.05) is 18.2 Å². The van der Waals surface area contributed by atoms with Crippen molar-refractivity contribution in [3.63, 3.8) is 0 Å². The molecule has 138 valence electrons. The third-order valence-electron chi connectivity index (χ3n) is 5.57. The van der Waals surface area contributed by atoms with Crippen LogP contribution >= 0.6 is 0 Å². The van der Waals surface area contributed by atoms with E-state index in [0.717, 1.165) is 12.0 Å². The summed E-state index contributed by atoms with van der Waals surface area (Å²) in [5.41, 5.74) is 3.29. The van der Waals surface area contributed by atoms with Crippen LogP contribution in [0, 0.1) is 6.92 Å². The van der Waals surface area contributed by atoms with Crippen molar-refractivity contribution in [1.29, 1.82) is 0 Å². The van der Waals surface area contributed by atoms with Crippen molar-refractivity contribution < 1.29 is 18.8 Å². The van der Waals surface area contributed by atoms with Gasteiger partial charge in [-0.05, 0) is 24.5 Å². The van der Waals surface area contributed by atoms with Crippen LogP contribution in [0.15, 0.2) is 52.9 Å². The predicted molar refractivity (Wildman–Crippen MR) is 102 cm³/mol. The highest BCUT2D eigenvalue weighted by Crippen LogP contribution is 2.34. The fourth-order valence-corrected chi connectivity index (χ4v) is 4.14. The Bertz CT molecular complexity index is 1170. The molecule has 0 unspecified atom stereocenters. The Morgan fingerprint density at radius 2 is 1.57 bits per heavy atom. The molecule has 28 heavy (non-hydrogen) atoms. The Kier molecular flexibility index (Phi) is 3.59. The third kappa shape index (κ3) is 2.29. The van der Waals surface area contributed by atoms with E-state index in [2.05, 4.69) is 6.07 Å². The number of ketones is 2. The first-order valence-electron chi connectivity index (χ1n) is 9.24. The van der Waals surface area contributed by atoms with Gasteiger partial charge in [-0.15, -0.1) is 0 Å². The summed E-state index contributed by atoms with van der Waals surface area (Å²) in [6.45, 7) is 2.68. The smallest absolute Gasteiger partial charge is 0.258 e. The molecule has 2 aromatic carbocycles. The molecule has 2 aliphatic rings. The first-order chi connectivity index (χ1) is 13.6.